The van der Waals surface area contributed by atoms with Gasteiger partial charge < -0.3 is 30.9 Å². The van der Waals surface area contributed by atoms with Crippen molar-refractivity contribution in [3.8, 4) is 0 Å². The maximum Gasteiger partial charge on any atom is 0.221 e. The number of carbonyl (C=O) groups excluding carboxylic acids is 1. The van der Waals surface area contributed by atoms with Crippen LogP contribution in [0.1, 0.15) is 11.1 Å². The van der Waals surface area contributed by atoms with Gasteiger partial charge in [-0.05, 0) is 42.0 Å². The van der Waals surface area contributed by atoms with Crippen molar-refractivity contribution in [3.63, 3.8) is 0 Å². The second-order valence-corrected chi connectivity index (χ2v) is 8.56. The fourth-order valence-electron chi connectivity index (χ4n) is 3.91. The van der Waals surface area contributed by atoms with Crippen LogP contribution in [-0.4, -0.2) is 51.3 Å². The number of hydrogen-bond donors (Lipinski definition) is 3. The molecule has 1 aromatic heterocycles. The van der Waals surface area contributed by atoms with Gasteiger partial charge in [-0.15, -0.1) is 0 Å². The molecule has 0 aliphatic carbocycles. The molecule has 2 aromatic carbocycles. The molecular formula is C26H32N6O2. The summed E-state index contributed by atoms with van der Waals surface area (Å²) in [4.78, 5) is 20.5. The SMILES string of the molecule is CN(C)c1cccc(CNc2cc(Nc3ccc(N4CCOCC4)cc3)ncc2CC(N)=O)c1. The Balaban J connectivity index is 1.48. The van der Waals surface area contributed by atoms with Crippen molar-refractivity contribution in [1.29, 1.82) is 0 Å². The first-order valence-electron chi connectivity index (χ1n) is 11.4. The van der Waals surface area contributed by atoms with Crippen molar-refractivity contribution in [2.45, 2.75) is 13.0 Å². The van der Waals surface area contributed by atoms with Crippen LogP contribution >= 0.6 is 0 Å². The second kappa shape index (κ2) is 10.9. The molecule has 34 heavy (non-hydrogen) atoms. The number of rotatable bonds is 9. The smallest absolute Gasteiger partial charge is 0.221 e. The molecule has 1 aliphatic heterocycles. The zero-order chi connectivity index (χ0) is 23.9. The first-order chi connectivity index (χ1) is 16.5. The first-order valence-corrected chi connectivity index (χ1v) is 11.4. The van der Waals surface area contributed by atoms with Crippen LogP contribution < -0.4 is 26.2 Å². The molecular weight excluding hydrogens is 428 g/mol. The molecule has 4 rings (SSSR count). The van der Waals surface area contributed by atoms with E-state index in [1.54, 1.807) is 6.20 Å². The highest BCUT2D eigenvalue weighted by Gasteiger charge is 2.12. The molecule has 2 heterocycles. The molecule has 1 amide bonds. The highest BCUT2D eigenvalue weighted by Crippen LogP contribution is 2.25. The molecule has 178 valence electrons. The number of pyridine rings is 1. The van der Waals surface area contributed by atoms with Crippen LogP contribution in [0, 0.1) is 0 Å². The third-order valence-corrected chi connectivity index (χ3v) is 5.78. The number of primary amides is 1. The third-order valence-electron chi connectivity index (χ3n) is 5.78. The highest BCUT2D eigenvalue weighted by atomic mass is 16.5. The van der Waals surface area contributed by atoms with Gasteiger partial charge in [-0.1, -0.05) is 12.1 Å². The largest absolute Gasteiger partial charge is 0.381 e. The number of amides is 1. The van der Waals surface area contributed by atoms with E-state index in [0.717, 1.165) is 54.5 Å². The maximum absolute atomic E-state index is 11.6. The Morgan fingerprint density at radius 1 is 1.12 bits per heavy atom. The molecule has 0 bridgehead atoms. The average molecular weight is 461 g/mol. The van der Waals surface area contributed by atoms with E-state index in [9.17, 15) is 4.79 Å². The monoisotopic (exact) mass is 460 g/mol. The van der Waals surface area contributed by atoms with Gasteiger partial charge in [-0.2, -0.15) is 0 Å². The van der Waals surface area contributed by atoms with Crippen LogP contribution in [0.25, 0.3) is 0 Å². The number of morpholine rings is 1. The van der Waals surface area contributed by atoms with E-state index in [0.29, 0.717) is 12.4 Å². The second-order valence-electron chi connectivity index (χ2n) is 8.56. The fraction of sp³-hybridized carbons (Fsp3) is 0.308. The minimum atomic E-state index is -0.390. The van der Waals surface area contributed by atoms with E-state index in [1.807, 2.05) is 38.4 Å². The molecule has 0 unspecified atom stereocenters. The number of nitrogens with one attached hydrogen (secondary N) is 2. The van der Waals surface area contributed by atoms with Crippen LogP contribution in [0.3, 0.4) is 0 Å². The van der Waals surface area contributed by atoms with E-state index in [-0.39, 0.29) is 12.3 Å². The van der Waals surface area contributed by atoms with E-state index < -0.39 is 0 Å². The first kappa shape index (κ1) is 23.4. The van der Waals surface area contributed by atoms with Crippen molar-refractivity contribution in [1.82, 2.24) is 4.98 Å². The molecule has 1 saturated heterocycles. The molecule has 8 nitrogen and oxygen atoms in total. The summed E-state index contributed by atoms with van der Waals surface area (Å²) in [5.41, 5.74) is 11.5. The van der Waals surface area contributed by atoms with E-state index in [4.69, 9.17) is 10.5 Å². The van der Waals surface area contributed by atoms with E-state index in [2.05, 4.69) is 55.7 Å². The van der Waals surface area contributed by atoms with Crippen LogP contribution in [0.4, 0.5) is 28.6 Å². The Morgan fingerprint density at radius 2 is 1.88 bits per heavy atom. The summed E-state index contributed by atoms with van der Waals surface area (Å²) in [6, 6.07) is 18.5. The van der Waals surface area contributed by atoms with Gasteiger partial charge in [0.1, 0.15) is 5.82 Å². The van der Waals surface area contributed by atoms with Gasteiger partial charge in [0.05, 0.1) is 19.6 Å². The van der Waals surface area contributed by atoms with Gasteiger partial charge in [0.25, 0.3) is 0 Å². The van der Waals surface area contributed by atoms with E-state index in [1.165, 1.54) is 5.69 Å². The standard InChI is InChI=1S/C26H32N6O2/c1-31(2)23-5-3-4-19(14-23)17-28-24-16-26(29-18-20(24)15-25(27)33)30-21-6-8-22(9-7-21)32-10-12-34-13-11-32/h3-9,14,16,18H,10-13,15,17H2,1-2H3,(H2,27,33)(H2,28,29,30). The molecule has 0 radical (unpaired) electrons. The van der Waals surface area contributed by atoms with Gasteiger partial charge in [-0.3, -0.25) is 4.79 Å². The number of ether oxygens (including phenoxy) is 1. The van der Waals surface area contributed by atoms with Gasteiger partial charge in [-0.25, -0.2) is 4.98 Å². The average Bonchev–Trinajstić information content (AvgIpc) is 2.85. The number of aromatic nitrogens is 1. The van der Waals surface area contributed by atoms with Crippen molar-refractivity contribution >= 4 is 34.5 Å². The Bertz CT molecular complexity index is 1110. The Hall–Kier alpha value is -3.78. The van der Waals surface area contributed by atoms with Gasteiger partial charge in [0.2, 0.25) is 5.91 Å². The number of carbonyl (C=O) groups is 1. The third kappa shape index (κ3) is 6.17. The number of hydrogen-bond acceptors (Lipinski definition) is 7. The van der Waals surface area contributed by atoms with Gasteiger partial charge in [0.15, 0.2) is 0 Å². The lowest BCUT2D eigenvalue weighted by Gasteiger charge is -2.28. The van der Waals surface area contributed by atoms with Crippen molar-refractivity contribution < 1.29 is 9.53 Å². The van der Waals surface area contributed by atoms with Crippen LogP contribution in [0.15, 0.2) is 60.8 Å². The quantitative estimate of drug-likeness (QED) is 0.451. The molecule has 8 heteroatoms. The predicted molar refractivity (Wildman–Crippen MR) is 138 cm³/mol. The topological polar surface area (TPSA) is 95.8 Å². The molecule has 0 spiro atoms. The van der Waals surface area contributed by atoms with Gasteiger partial charge >= 0.3 is 0 Å². The summed E-state index contributed by atoms with van der Waals surface area (Å²) in [6.07, 6.45) is 1.83. The van der Waals surface area contributed by atoms with Crippen molar-refractivity contribution in [3.05, 3.63) is 71.9 Å². The number of anilines is 5. The van der Waals surface area contributed by atoms with E-state index >= 15 is 0 Å². The summed E-state index contributed by atoms with van der Waals surface area (Å²) >= 11 is 0. The van der Waals surface area contributed by atoms with Crippen molar-refractivity contribution in [2.24, 2.45) is 5.73 Å². The summed E-state index contributed by atoms with van der Waals surface area (Å²) in [6.45, 7) is 3.95. The number of nitrogens with zero attached hydrogens (tertiary/aromatic N) is 3. The fourth-order valence-corrected chi connectivity index (χ4v) is 3.91. The lowest BCUT2D eigenvalue weighted by atomic mass is 10.1. The lowest BCUT2D eigenvalue weighted by molar-refractivity contribution is -0.117. The molecule has 0 saturated carbocycles. The molecule has 3 aromatic rings. The Kier molecular flexibility index (Phi) is 7.49. The summed E-state index contributed by atoms with van der Waals surface area (Å²) in [5, 5.41) is 6.81. The minimum Gasteiger partial charge on any atom is -0.381 e. The zero-order valence-electron chi connectivity index (χ0n) is 19.8. The summed E-state index contributed by atoms with van der Waals surface area (Å²) < 4.78 is 5.43. The summed E-state index contributed by atoms with van der Waals surface area (Å²) in [7, 11) is 4.04. The molecule has 4 N–H and O–H groups in total. The van der Waals surface area contributed by atoms with Crippen molar-refractivity contribution in [2.75, 3.05) is 60.8 Å². The zero-order valence-corrected chi connectivity index (χ0v) is 19.8. The predicted octanol–water partition coefficient (Wildman–Crippen LogP) is 3.37. The minimum absolute atomic E-state index is 0.127. The van der Waals surface area contributed by atoms with Crippen LogP contribution in [0.2, 0.25) is 0 Å². The number of nitrogens with two attached hydrogens (primary N) is 1. The summed E-state index contributed by atoms with van der Waals surface area (Å²) in [5.74, 6) is 0.302. The maximum atomic E-state index is 11.6. The normalized spacial score (nSPS) is 13.4. The molecule has 0 atom stereocenters. The van der Waals surface area contributed by atoms with Gasteiger partial charge in [0, 0.05) is 74.3 Å². The Labute approximate surface area is 200 Å². The Morgan fingerprint density at radius 3 is 2.59 bits per heavy atom. The number of benzene rings is 2. The highest BCUT2D eigenvalue weighted by molar-refractivity contribution is 5.79. The molecule has 1 fully saturated rings. The lowest BCUT2D eigenvalue weighted by Crippen LogP contribution is -2.36. The van der Waals surface area contributed by atoms with Crippen LogP contribution in [-0.2, 0) is 22.5 Å². The van der Waals surface area contributed by atoms with Crippen LogP contribution in [0.5, 0.6) is 0 Å². The molecule has 1 aliphatic rings.